The number of nitrogens with two attached hydrogens (primary N) is 1. The number of benzene rings is 5. The van der Waals surface area contributed by atoms with Crippen LogP contribution in [0.5, 0.6) is 0 Å². The molecular formula is C47H54Br3F2N5O6S3. The first-order valence-corrected chi connectivity index (χ1v) is 28.3. The van der Waals surface area contributed by atoms with Gasteiger partial charge in [0.25, 0.3) is 0 Å². The zero-order valence-corrected chi connectivity index (χ0v) is 45.3. The van der Waals surface area contributed by atoms with Crippen LogP contribution in [-0.4, -0.2) is 69.6 Å². The van der Waals surface area contributed by atoms with E-state index in [1.54, 1.807) is 12.1 Å². The molecule has 1 aliphatic rings. The number of hydrogen-bond acceptors (Lipinski definition) is 8. The Bertz CT molecular complexity index is 3020. The van der Waals surface area contributed by atoms with Crippen molar-refractivity contribution in [1.82, 2.24) is 4.98 Å². The molecule has 19 heteroatoms. The van der Waals surface area contributed by atoms with Crippen molar-refractivity contribution in [2.24, 2.45) is 0 Å². The normalized spacial score (nSPS) is 12.4. The fourth-order valence-corrected chi connectivity index (χ4v) is 9.21. The lowest BCUT2D eigenvalue weighted by atomic mass is 10.0. The van der Waals surface area contributed by atoms with Crippen LogP contribution in [0.15, 0.2) is 110 Å². The van der Waals surface area contributed by atoms with E-state index in [9.17, 15) is 34.0 Å². The summed E-state index contributed by atoms with van der Waals surface area (Å²) in [5.41, 5.74) is 16.0. The van der Waals surface area contributed by atoms with Gasteiger partial charge < -0.3 is 15.6 Å². The van der Waals surface area contributed by atoms with Crippen LogP contribution in [0.4, 0.5) is 31.5 Å². The number of sulfone groups is 1. The van der Waals surface area contributed by atoms with E-state index >= 15 is 0 Å². The predicted octanol–water partition coefficient (Wildman–Crippen LogP) is 11.0. The Hall–Kier alpha value is -4.27. The molecule has 5 aromatic carbocycles. The van der Waals surface area contributed by atoms with Gasteiger partial charge in [-0.25, -0.2) is 34.0 Å². The molecule has 3 N–H and O–H groups in total. The van der Waals surface area contributed by atoms with Crippen LogP contribution in [0.1, 0.15) is 39.1 Å². The van der Waals surface area contributed by atoms with Crippen LogP contribution in [-0.2, 0) is 48.6 Å². The van der Waals surface area contributed by atoms with Gasteiger partial charge >= 0.3 is 0 Å². The number of aryl methyl sites for hydroxylation is 4. The van der Waals surface area contributed by atoms with E-state index in [1.165, 1.54) is 65.2 Å². The van der Waals surface area contributed by atoms with Gasteiger partial charge in [0.2, 0.25) is 20.0 Å². The van der Waals surface area contributed by atoms with E-state index in [0.29, 0.717) is 23.6 Å². The van der Waals surface area contributed by atoms with Crippen molar-refractivity contribution in [2.75, 3.05) is 58.7 Å². The molecule has 0 saturated carbocycles. The van der Waals surface area contributed by atoms with E-state index in [0.717, 1.165) is 71.3 Å². The number of rotatable bonds is 8. The molecule has 11 nitrogen and oxygen atoms in total. The molecule has 0 amide bonds. The highest BCUT2D eigenvalue weighted by Crippen LogP contribution is 2.34. The SMILES string of the molecule is Cc1cc(CS(C)(=O)=O)ccc1Br.Cc1cc(N(C)S(C)(=O)=O)ccc1Br.Cc1cc(N(C)S(C)(=O)=O)ccc1N1CCc2[nH]c(-c3c(F)cccc3F)cc2C1.Cc1cc(N)ccc1Br. The topological polar surface area (TPSA) is 154 Å². The molecule has 0 spiro atoms. The molecule has 0 saturated heterocycles. The van der Waals surface area contributed by atoms with Crippen molar-refractivity contribution >= 4 is 100 Å². The molecule has 66 heavy (non-hydrogen) atoms. The lowest BCUT2D eigenvalue weighted by Crippen LogP contribution is -2.30. The van der Waals surface area contributed by atoms with E-state index in [4.69, 9.17) is 5.73 Å². The zero-order valence-electron chi connectivity index (χ0n) is 38.0. The van der Waals surface area contributed by atoms with Crippen LogP contribution in [0, 0.1) is 39.3 Å². The largest absolute Gasteiger partial charge is 0.399 e. The van der Waals surface area contributed by atoms with Gasteiger partial charge in [0.05, 0.1) is 40.9 Å². The quantitative estimate of drug-likeness (QED) is 0.143. The van der Waals surface area contributed by atoms with E-state index in [-0.39, 0.29) is 11.3 Å². The molecule has 0 aliphatic carbocycles. The molecule has 0 radical (unpaired) electrons. The third kappa shape index (κ3) is 15.4. The third-order valence-corrected chi connectivity index (χ3v) is 16.4. The van der Waals surface area contributed by atoms with Crippen LogP contribution in [0.25, 0.3) is 11.3 Å². The number of sulfonamides is 2. The first-order chi connectivity index (χ1) is 30.5. The maximum Gasteiger partial charge on any atom is 0.231 e. The van der Waals surface area contributed by atoms with Crippen molar-refractivity contribution in [3.8, 4) is 11.3 Å². The lowest BCUT2D eigenvalue weighted by molar-refractivity contribution is 0.588. The predicted molar refractivity (Wildman–Crippen MR) is 278 cm³/mol. The standard InChI is InChI=1S/C22H23F2N3O2S.C9H12BrNO2S.C9H11BrO2S.C7H8BrN/c1-14-11-16(26(2)30(3,28)29)7-8-21(14)27-10-9-19-15(13-27)12-20(25-19)22-17(23)5-4-6-18(22)24;1-7-6-8(4-5-9(7)10)11(2)14(3,12)13;1-7-5-8(3-4-9(7)10)6-13(2,11)12;1-5-4-6(9)2-3-7(5)8/h4-8,11-12,25H,9-10,13H2,1-3H3;4-6H,1-3H3;3-5H,6H2,1-2H3;2-4H,9H2,1H3. The smallest absolute Gasteiger partial charge is 0.231 e. The number of nitrogens with zero attached hydrogens (tertiary/aromatic N) is 3. The van der Waals surface area contributed by atoms with Crippen molar-refractivity contribution in [2.45, 2.75) is 46.4 Å². The number of aromatic amines is 1. The molecule has 6 aromatic rings. The van der Waals surface area contributed by atoms with Gasteiger partial charge in [0.15, 0.2) is 9.84 Å². The summed E-state index contributed by atoms with van der Waals surface area (Å²) >= 11 is 10.1. The van der Waals surface area contributed by atoms with Gasteiger partial charge in [-0.05, 0) is 140 Å². The van der Waals surface area contributed by atoms with Gasteiger partial charge in [-0.15, -0.1) is 0 Å². The first-order valence-electron chi connectivity index (χ1n) is 20.1. The highest BCUT2D eigenvalue weighted by Gasteiger charge is 2.23. The number of H-pyrrole nitrogens is 1. The van der Waals surface area contributed by atoms with Gasteiger partial charge in [-0.1, -0.05) is 66.0 Å². The Morgan fingerprint density at radius 3 is 1.61 bits per heavy atom. The van der Waals surface area contributed by atoms with Crippen molar-refractivity contribution in [3.63, 3.8) is 0 Å². The van der Waals surface area contributed by atoms with Gasteiger partial charge in [-0.3, -0.25) is 8.61 Å². The minimum absolute atomic E-state index is 0.0391. The summed E-state index contributed by atoms with van der Waals surface area (Å²) in [6.07, 6.45) is 4.31. The Kier molecular flexibility index (Phi) is 18.7. The number of anilines is 4. The fraction of sp³-hybridized carbons (Fsp3) is 0.277. The van der Waals surface area contributed by atoms with Crippen molar-refractivity contribution in [3.05, 3.63) is 161 Å². The summed E-state index contributed by atoms with van der Waals surface area (Å²) in [7, 11) is -6.35. The number of nitrogens with one attached hydrogen (secondary N) is 1. The minimum Gasteiger partial charge on any atom is -0.399 e. The molecule has 7 rings (SSSR count). The molecular weight excluding hydrogens is 1100 g/mol. The molecule has 0 atom stereocenters. The van der Waals surface area contributed by atoms with Crippen LogP contribution >= 0.6 is 47.8 Å². The summed E-state index contributed by atoms with van der Waals surface area (Å²) in [6, 6.07) is 28.0. The molecule has 0 unspecified atom stereocenters. The summed E-state index contributed by atoms with van der Waals surface area (Å²) in [5.74, 6) is -1.07. The summed E-state index contributed by atoms with van der Waals surface area (Å²) < 4.78 is 102. The second-order valence-electron chi connectivity index (χ2n) is 16.0. The molecule has 1 aliphatic heterocycles. The highest BCUT2D eigenvalue weighted by molar-refractivity contribution is 9.11. The van der Waals surface area contributed by atoms with E-state index in [1.807, 2.05) is 94.4 Å². The maximum atomic E-state index is 14.2. The first kappa shape index (κ1) is 54.3. The Labute approximate surface area is 413 Å². The minimum atomic E-state index is -3.33. The number of hydrogen-bond donors (Lipinski definition) is 2. The van der Waals surface area contributed by atoms with Crippen LogP contribution in [0.3, 0.4) is 0 Å². The average Bonchev–Trinajstić information content (AvgIpc) is 3.63. The highest BCUT2D eigenvalue weighted by atomic mass is 79.9. The average molecular weight is 1160 g/mol. The number of fused-ring (bicyclic) bond motifs is 1. The molecule has 356 valence electrons. The molecule has 1 aromatic heterocycles. The van der Waals surface area contributed by atoms with Crippen LogP contribution in [0.2, 0.25) is 0 Å². The van der Waals surface area contributed by atoms with Crippen LogP contribution < -0.4 is 19.2 Å². The number of halogens is 5. The van der Waals surface area contributed by atoms with Gasteiger partial charge in [0, 0.05) is 70.3 Å². The maximum absolute atomic E-state index is 14.2. The second-order valence-corrected chi connectivity index (χ2v) is 24.7. The molecule has 0 fully saturated rings. The molecule has 0 bridgehead atoms. The van der Waals surface area contributed by atoms with Gasteiger partial charge in [0.1, 0.15) is 11.6 Å². The molecule has 2 heterocycles. The zero-order chi connectivity index (χ0) is 49.5. The summed E-state index contributed by atoms with van der Waals surface area (Å²) in [5, 5.41) is 0. The Morgan fingerprint density at radius 2 is 1.14 bits per heavy atom. The van der Waals surface area contributed by atoms with E-state index in [2.05, 4.69) is 57.7 Å². The Morgan fingerprint density at radius 1 is 0.652 bits per heavy atom. The van der Waals surface area contributed by atoms with Gasteiger partial charge in [-0.2, -0.15) is 0 Å². The van der Waals surface area contributed by atoms with Crippen molar-refractivity contribution < 1.29 is 34.0 Å². The summed E-state index contributed by atoms with van der Waals surface area (Å²) in [4.78, 5) is 5.37. The van der Waals surface area contributed by atoms with E-state index < -0.39 is 41.5 Å². The monoisotopic (exact) mass is 1160 g/mol. The lowest BCUT2D eigenvalue weighted by Gasteiger charge is -2.31. The second kappa shape index (κ2) is 22.7. The number of aromatic nitrogens is 1. The van der Waals surface area contributed by atoms with Crippen molar-refractivity contribution in [1.29, 1.82) is 0 Å². The fourth-order valence-electron chi connectivity index (χ4n) is 6.70. The third-order valence-electron chi connectivity index (χ3n) is 10.4. The Balaban J connectivity index is 0.000000219. The number of nitrogen functional groups attached to an aromatic ring is 1. The summed E-state index contributed by atoms with van der Waals surface area (Å²) in [6.45, 7) is 9.17.